The van der Waals surface area contributed by atoms with E-state index in [0.29, 0.717) is 38.3 Å². The van der Waals surface area contributed by atoms with Crippen molar-refractivity contribution in [3.05, 3.63) is 59.7 Å². The number of aliphatic hydroxyl groups is 1. The van der Waals surface area contributed by atoms with Crippen molar-refractivity contribution in [3.63, 3.8) is 0 Å². The van der Waals surface area contributed by atoms with Gasteiger partial charge in [-0.05, 0) is 61.1 Å². The molecule has 1 unspecified atom stereocenters. The lowest BCUT2D eigenvalue weighted by atomic mass is 10.0. The van der Waals surface area contributed by atoms with Crippen molar-refractivity contribution in [2.75, 3.05) is 59.0 Å². The van der Waals surface area contributed by atoms with Crippen LogP contribution in [0.25, 0.3) is 0 Å². The highest BCUT2D eigenvalue weighted by atomic mass is 32.2. The molecule has 0 radical (unpaired) electrons. The third-order valence-electron chi connectivity index (χ3n) is 9.49. The zero-order chi connectivity index (χ0) is 39.8. The normalized spacial score (nSPS) is 23.1. The van der Waals surface area contributed by atoms with E-state index >= 15 is 0 Å². The van der Waals surface area contributed by atoms with Crippen molar-refractivity contribution in [1.82, 2.24) is 14.5 Å². The molecule has 4 N–H and O–H groups in total. The van der Waals surface area contributed by atoms with Gasteiger partial charge in [0.2, 0.25) is 10.0 Å². The van der Waals surface area contributed by atoms with Gasteiger partial charge in [-0.15, -0.1) is 0 Å². The molecule has 2 aromatic rings. The number of alkyl carbamates (subject to hydrolysis) is 1. The fourth-order valence-corrected chi connectivity index (χ4v) is 9.13. The van der Waals surface area contributed by atoms with Crippen LogP contribution >= 0.6 is 7.60 Å². The summed E-state index contributed by atoms with van der Waals surface area (Å²) in [6.07, 6.45) is -4.83. The Bertz CT molecular complexity index is 1730. The molecule has 17 nitrogen and oxygen atoms in total. The van der Waals surface area contributed by atoms with Gasteiger partial charge in [0.15, 0.2) is 18.7 Å². The number of carboxylic acid groups (broad SMARTS) is 1. The molecular weight excluding hydrogens is 761 g/mol. The molecule has 2 aromatic carbocycles. The molecular formula is C36H52N3O14PS. The first-order valence-electron chi connectivity index (χ1n) is 18.3. The molecule has 1 amide bonds. The molecule has 3 aliphatic heterocycles. The van der Waals surface area contributed by atoms with Gasteiger partial charge in [0.1, 0.15) is 11.9 Å². The molecule has 0 aliphatic carbocycles. The van der Waals surface area contributed by atoms with Crippen LogP contribution in [0.2, 0.25) is 0 Å². The first-order chi connectivity index (χ1) is 26.1. The van der Waals surface area contributed by atoms with Gasteiger partial charge < -0.3 is 44.1 Å². The number of rotatable bonds is 19. The van der Waals surface area contributed by atoms with Crippen LogP contribution in [-0.2, 0) is 55.8 Å². The monoisotopic (exact) mass is 813 g/mol. The van der Waals surface area contributed by atoms with Crippen LogP contribution in [0.4, 0.5) is 4.79 Å². The molecule has 306 valence electrons. The summed E-state index contributed by atoms with van der Waals surface area (Å²) in [5.74, 6) is -1.45. The average Bonchev–Trinajstić information content (AvgIpc) is 3.76. The van der Waals surface area contributed by atoms with Gasteiger partial charge in [0, 0.05) is 32.7 Å². The van der Waals surface area contributed by atoms with Crippen LogP contribution in [0.5, 0.6) is 5.75 Å². The lowest BCUT2D eigenvalue weighted by Gasteiger charge is -2.31. The van der Waals surface area contributed by atoms with Crippen LogP contribution in [0.15, 0.2) is 53.4 Å². The zero-order valence-electron chi connectivity index (χ0n) is 31.2. The fraction of sp³-hybridized carbons (Fsp3) is 0.611. The maximum Gasteiger partial charge on any atom is 0.407 e. The number of fused-ring (bicyclic) bond motifs is 1. The smallest absolute Gasteiger partial charge is 0.407 e. The summed E-state index contributed by atoms with van der Waals surface area (Å²) in [6.45, 7) is 8.83. The van der Waals surface area contributed by atoms with E-state index in [1.54, 1.807) is 36.4 Å². The third kappa shape index (κ3) is 12.4. The van der Waals surface area contributed by atoms with Gasteiger partial charge in [-0.1, -0.05) is 38.1 Å². The van der Waals surface area contributed by atoms with Gasteiger partial charge in [0.05, 0.1) is 49.4 Å². The quantitative estimate of drug-likeness (QED) is 0.150. The first-order valence-corrected chi connectivity index (χ1v) is 21.5. The molecule has 0 spiro atoms. The van der Waals surface area contributed by atoms with E-state index in [1.165, 1.54) is 16.4 Å². The molecule has 5 rings (SSSR count). The number of morpholine rings is 1. The number of sulfonamides is 1. The highest BCUT2D eigenvalue weighted by Crippen LogP contribution is 2.43. The number of ether oxygens (including phenoxy) is 5. The number of aliphatic hydroxyl groups excluding tert-OH is 1. The number of hydrogen-bond acceptors (Lipinski definition) is 13. The van der Waals surface area contributed by atoms with Gasteiger partial charge in [-0.3, -0.25) is 14.0 Å². The Morgan fingerprint density at radius 3 is 2.33 bits per heavy atom. The second-order valence-corrected chi connectivity index (χ2v) is 18.1. The number of hydrogen-bond donors (Lipinski definition) is 4. The van der Waals surface area contributed by atoms with E-state index in [4.69, 9.17) is 33.3 Å². The SMILES string of the molecule is CC(C)CN(C[C@@H](O)[C@H](Cc1ccc(OCP(=O)(O)O[C@@H](C)C(=O)O)cc1)NC(=O)O[C@H]1CO[C@H]2OCC[C@H]21)S(=O)(=O)c1ccc(CN2CCOCC2)cc1. The summed E-state index contributed by atoms with van der Waals surface area (Å²) < 4.78 is 74.0. The van der Waals surface area contributed by atoms with Crippen molar-refractivity contribution in [2.24, 2.45) is 11.8 Å². The Morgan fingerprint density at radius 1 is 1.00 bits per heavy atom. The van der Waals surface area contributed by atoms with E-state index in [-0.39, 0.29) is 48.6 Å². The number of benzene rings is 2. The molecule has 19 heteroatoms. The van der Waals surface area contributed by atoms with E-state index in [9.17, 15) is 32.6 Å². The molecule has 0 saturated carbocycles. The van der Waals surface area contributed by atoms with Crippen LogP contribution in [0, 0.1) is 11.8 Å². The van der Waals surface area contributed by atoms with E-state index < -0.39 is 66.7 Å². The van der Waals surface area contributed by atoms with Gasteiger partial charge in [-0.25, -0.2) is 18.0 Å². The molecule has 0 aromatic heterocycles. The average molecular weight is 814 g/mol. The van der Waals surface area contributed by atoms with E-state index in [2.05, 4.69) is 10.2 Å². The molecule has 3 aliphatic rings. The molecule has 3 fully saturated rings. The predicted molar refractivity (Wildman–Crippen MR) is 197 cm³/mol. The largest absolute Gasteiger partial charge is 0.481 e. The van der Waals surface area contributed by atoms with Crippen molar-refractivity contribution in [3.8, 4) is 5.75 Å². The van der Waals surface area contributed by atoms with Crippen molar-refractivity contribution in [2.45, 2.75) is 75.7 Å². The van der Waals surface area contributed by atoms with Crippen LogP contribution in [0.1, 0.15) is 38.3 Å². The Labute approximate surface area is 321 Å². The van der Waals surface area contributed by atoms with E-state index in [1.807, 2.05) is 13.8 Å². The summed E-state index contributed by atoms with van der Waals surface area (Å²) in [7, 11) is -8.47. The van der Waals surface area contributed by atoms with Crippen molar-refractivity contribution in [1.29, 1.82) is 0 Å². The van der Waals surface area contributed by atoms with Crippen molar-refractivity contribution < 1.29 is 65.9 Å². The lowest BCUT2D eigenvalue weighted by Crippen LogP contribution is -2.51. The van der Waals surface area contributed by atoms with Gasteiger partial charge in [0.25, 0.3) is 0 Å². The fourth-order valence-electron chi connectivity index (χ4n) is 6.56. The number of nitrogens with zero attached hydrogens (tertiary/aromatic N) is 2. The second-order valence-electron chi connectivity index (χ2n) is 14.4. The van der Waals surface area contributed by atoms with Crippen LogP contribution in [-0.4, -0.2) is 134 Å². The number of carbonyl (C=O) groups excluding carboxylic acids is 1. The van der Waals surface area contributed by atoms with Gasteiger partial charge >= 0.3 is 19.7 Å². The van der Waals surface area contributed by atoms with Crippen LogP contribution < -0.4 is 10.1 Å². The predicted octanol–water partition coefficient (Wildman–Crippen LogP) is 2.64. The summed E-state index contributed by atoms with van der Waals surface area (Å²) in [5.41, 5.74) is 1.56. The summed E-state index contributed by atoms with van der Waals surface area (Å²) >= 11 is 0. The minimum Gasteiger partial charge on any atom is -0.481 e. The first kappa shape index (κ1) is 43.0. The molecule has 55 heavy (non-hydrogen) atoms. The Kier molecular flexibility index (Phi) is 15.1. The lowest BCUT2D eigenvalue weighted by molar-refractivity contribution is -0.144. The molecule has 3 saturated heterocycles. The van der Waals surface area contributed by atoms with Crippen molar-refractivity contribution >= 4 is 29.7 Å². The Hall–Kier alpha value is -3.16. The number of aliphatic carboxylic acids is 1. The second kappa shape index (κ2) is 19.3. The zero-order valence-corrected chi connectivity index (χ0v) is 32.9. The minimum atomic E-state index is -4.40. The maximum atomic E-state index is 14.1. The highest BCUT2D eigenvalue weighted by Gasteiger charge is 2.44. The van der Waals surface area contributed by atoms with Gasteiger partial charge in [-0.2, -0.15) is 4.31 Å². The maximum absolute atomic E-state index is 14.1. The molecule has 7 atom stereocenters. The number of carbonyl (C=O) groups is 2. The Balaban J connectivity index is 1.29. The topological polar surface area (TPSA) is 220 Å². The third-order valence-corrected chi connectivity index (χ3v) is 12.4. The minimum absolute atomic E-state index is 0.0381. The summed E-state index contributed by atoms with van der Waals surface area (Å²) in [4.78, 5) is 36.6. The van der Waals surface area contributed by atoms with Crippen LogP contribution in [0.3, 0.4) is 0 Å². The number of amides is 1. The Morgan fingerprint density at radius 2 is 1.67 bits per heavy atom. The molecule has 0 bridgehead atoms. The standard InChI is InChI=1S/C36H52N3O14PS/c1-24(2)19-39(55(46,47)29-10-6-27(7-11-29)20-38-13-16-48-17-14-38)21-32(40)31(37-36(43)52-33-22-50-35-30(33)12-15-49-35)18-26-4-8-28(9-5-26)51-23-54(44,45)53-25(3)34(41)42/h4-11,24-25,30-33,35,40H,12-23H2,1-3H3,(H,37,43)(H,41,42)(H,44,45)/t25-,30-,31-,32+,33-,35+/m0/s1. The number of nitrogens with one attached hydrogen (secondary N) is 1. The summed E-state index contributed by atoms with van der Waals surface area (Å²) in [6, 6.07) is 11.9. The molecule has 3 heterocycles. The highest BCUT2D eigenvalue weighted by molar-refractivity contribution is 7.89. The van der Waals surface area contributed by atoms with E-state index in [0.717, 1.165) is 25.6 Å². The summed E-state index contributed by atoms with van der Waals surface area (Å²) in [5, 5.41) is 23.4. The number of carboxylic acids is 1.